The normalized spacial score (nSPS) is 27.4. The molecule has 0 aliphatic carbocycles. The van der Waals surface area contributed by atoms with Crippen molar-refractivity contribution in [3.63, 3.8) is 0 Å². The van der Waals surface area contributed by atoms with E-state index in [-0.39, 0.29) is 25.3 Å². The standard InChI is InChI=1S/C40H57N5O9/c1-10-12-14-21-31-40(6,7)39(52)53-27(5)34(47)42-26(4)36(49)44(9)33(25(3)11-2)38(51)45-22-17-20-29(45)37(50)43(8)30(23-28-18-15-13-16-19-28)35(48)41-24-32(46)54-31/h1,13,15-16,18-19,25-27,29-31,33H,11-12,14,17,20-24H2,2-9H3,(H,41,48)(H,42,47)/t25-,26-,27-,29-,30+,31?,33-/m0/s1. The summed E-state index contributed by atoms with van der Waals surface area (Å²) in [7, 11) is 2.99. The Hall–Kier alpha value is -4.93. The minimum atomic E-state index is -1.46. The quantitative estimate of drug-likeness (QED) is 0.241. The second-order valence-electron chi connectivity index (χ2n) is 14.9. The summed E-state index contributed by atoms with van der Waals surface area (Å²) in [4.78, 5) is 100. The van der Waals surface area contributed by atoms with Gasteiger partial charge in [-0.15, -0.1) is 12.3 Å². The smallest absolute Gasteiger partial charge is 0.325 e. The number of hydrogen-bond donors (Lipinski definition) is 2. The molecule has 0 radical (unpaired) electrons. The molecule has 2 fully saturated rings. The van der Waals surface area contributed by atoms with Gasteiger partial charge < -0.3 is 34.8 Å². The van der Waals surface area contributed by atoms with Crippen LogP contribution < -0.4 is 10.6 Å². The monoisotopic (exact) mass is 751 g/mol. The summed E-state index contributed by atoms with van der Waals surface area (Å²) in [6.45, 7) is 9.30. The molecule has 0 saturated carbocycles. The molecule has 2 heterocycles. The molecule has 14 heteroatoms. The highest BCUT2D eigenvalue weighted by Gasteiger charge is 2.45. The summed E-state index contributed by atoms with van der Waals surface area (Å²) >= 11 is 0. The summed E-state index contributed by atoms with van der Waals surface area (Å²) in [6.07, 6.45) is 5.55. The minimum Gasteiger partial charge on any atom is -0.460 e. The van der Waals surface area contributed by atoms with Crippen molar-refractivity contribution in [3.8, 4) is 12.3 Å². The first-order valence-electron chi connectivity index (χ1n) is 18.8. The summed E-state index contributed by atoms with van der Waals surface area (Å²) in [5.74, 6) is -2.27. The van der Waals surface area contributed by atoms with Crippen molar-refractivity contribution in [2.24, 2.45) is 11.3 Å². The van der Waals surface area contributed by atoms with E-state index >= 15 is 0 Å². The van der Waals surface area contributed by atoms with Crippen LogP contribution in [-0.2, 0) is 49.5 Å². The van der Waals surface area contributed by atoms with Crippen molar-refractivity contribution in [1.29, 1.82) is 0 Å². The summed E-state index contributed by atoms with van der Waals surface area (Å²) in [5, 5.41) is 5.21. The molecule has 2 aliphatic heterocycles. The second kappa shape index (κ2) is 19.4. The Morgan fingerprint density at radius 2 is 1.61 bits per heavy atom. The van der Waals surface area contributed by atoms with E-state index in [2.05, 4.69) is 16.6 Å². The number of nitrogens with zero attached hydrogens (tertiary/aromatic N) is 3. The third kappa shape index (κ3) is 10.6. The zero-order chi connectivity index (χ0) is 40.3. The fraction of sp³-hybridized carbons (Fsp3) is 0.625. The Morgan fingerprint density at radius 1 is 0.944 bits per heavy atom. The number of cyclic esters (lactones) is 2. The van der Waals surface area contributed by atoms with Crippen LogP contribution >= 0.6 is 0 Å². The van der Waals surface area contributed by atoms with E-state index in [4.69, 9.17) is 15.9 Å². The molecule has 2 N–H and O–H groups in total. The molecule has 7 atom stereocenters. The van der Waals surface area contributed by atoms with Crippen LogP contribution in [0.15, 0.2) is 30.3 Å². The van der Waals surface area contributed by atoms with Crippen molar-refractivity contribution in [3.05, 3.63) is 35.9 Å². The summed E-state index contributed by atoms with van der Waals surface area (Å²) in [6, 6.07) is 5.06. The van der Waals surface area contributed by atoms with E-state index in [1.165, 1.54) is 56.5 Å². The molecule has 1 unspecified atom stereocenters. The predicted molar refractivity (Wildman–Crippen MR) is 200 cm³/mol. The average Bonchev–Trinajstić information content (AvgIpc) is 3.64. The topological polar surface area (TPSA) is 172 Å². The SMILES string of the molecule is C#CCCCC1OC(=O)CNC(=O)[C@@H](Cc2ccccc2)N(C)C(=O)[C@@H]2CCCN2C(=O)[C@H]([C@@H](C)CC)N(C)C(=O)[C@H](C)NC(=O)[C@H](C)OC(=O)C1(C)C. The van der Waals surface area contributed by atoms with Crippen LogP contribution in [0.2, 0.25) is 0 Å². The second-order valence-corrected chi connectivity index (χ2v) is 14.9. The minimum absolute atomic E-state index is 0.118. The first-order valence-corrected chi connectivity index (χ1v) is 18.8. The molecule has 14 nitrogen and oxygen atoms in total. The first-order chi connectivity index (χ1) is 25.5. The number of unbranched alkanes of at least 4 members (excludes halogenated alkanes) is 1. The van der Waals surface area contributed by atoms with Gasteiger partial charge in [-0.3, -0.25) is 33.6 Å². The third-order valence-electron chi connectivity index (χ3n) is 10.6. The maximum absolute atomic E-state index is 14.4. The number of ether oxygens (including phenoxy) is 2. The zero-order valence-corrected chi connectivity index (χ0v) is 32.9. The van der Waals surface area contributed by atoms with Crippen molar-refractivity contribution < 1.29 is 43.0 Å². The molecular formula is C40H57N5O9. The van der Waals surface area contributed by atoms with Crippen molar-refractivity contribution in [2.45, 2.75) is 123 Å². The molecule has 1 aromatic carbocycles. The van der Waals surface area contributed by atoms with Gasteiger partial charge in [0.15, 0.2) is 6.10 Å². The zero-order valence-electron chi connectivity index (χ0n) is 32.9. The number of hydrogen-bond acceptors (Lipinski definition) is 9. The highest BCUT2D eigenvalue weighted by atomic mass is 16.6. The Bertz CT molecular complexity index is 1570. The van der Waals surface area contributed by atoms with Gasteiger partial charge in [0.25, 0.3) is 5.91 Å². The maximum atomic E-state index is 14.4. The number of terminal acetylenes is 1. The van der Waals surface area contributed by atoms with Gasteiger partial charge in [0.2, 0.25) is 23.6 Å². The van der Waals surface area contributed by atoms with Gasteiger partial charge in [-0.1, -0.05) is 50.6 Å². The number of amides is 5. The Kier molecular flexibility index (Phi) is 15.6. The fourth-order valence-corrected chi connectivity index (χ4v) is 6.87. The van der Waals surface area contributed by atoms with Gasteiger partial charge in [0.1, 0.15) is 36.8 Å². The van der Waals surface area contributed by atoms with E-state index in [1.54, 1.807) is 0 Å². The van der Waals surface area contributed by atoms with Crippen LogP contribution in [0, 0.1) is 23.7 Å². The van der Waals surface area contributed by atoms with E-state index in [0.29, 0.717) is 32.1 Å². The molecule has 2 saturated heterocycles. The highest BCUT2D eigenvalue weighted by molar-refractivity contribution is 5.96. The largest absolute Gasteiger partial charge is 0.460 e. The Labute approximate surface area is 319 Å². The number of likely N-dealkylation sites (N-methyl/N-ethyl adjacent to an activating group) is 2. The molecule has 54 heavy (non-hydrogen) atoms. The average molecular weight is 752 g/mol. The lowest BCUT2D eigenvalue weighted by Crippen LogP contribution is -2.60. The van der Waals surface area contributed by atoms with Gasteiger partial charge >= 0.3 is 11.9 Å². The van der Waals surface area contributed by atoms with Crippen molar-refractivity contribution >= 4 is 41.5 Å². The highest BCUT2D eigenvalue weighted by Crippen LogP contribution is 2.30. The lowest BCUT2D eigenvalue weighted by atomic mass is 9.83. The third-order valence-corrected chi connectivity index (χ3v) is 10.6. The van der Waals surface area contributed by atoms with Crippen LogP contribution in [0.1, 0.15) is 85.6 Å². The van der Waals surface area contributed by atoms with Gasteiger partial charge in [-0.05, 0) is 64.9 Å². The van der Waals surface area contributed by atoms with Gasteiger partial charge in [-0.2, -0.15) is 0 Å². The molecule has 2 aliphatic rings. The maximum Gasteiger partial charge on any atom is 0.325 e. The summed E-state index contributed by atoms with van der Waals surface area (Å²) in [5.41, 5.74) is -0.692. The van der Waals surface area contributed by atoms with E-state index in [9.17, 15) is 33.6 Å². The number of carbonyl (C=O) groups excluding carboxylic acids is 7. The number of benzene rings is 1. The molecule has 0 bridgehead atoms. The molecule has 3 rings (SSSR count). The Morgan fingerprint density at radius 3 is 2.24 bits per heavy atom. The Balaban J connectivity index is 2.07. The van der Waals surface area contributed by atoms with Crippen LogP contribution in [-0.4, -0.2) is 120 Å². The molecule has 0 spiro atoms. The van der Waals surface area contributed by atoms with E-state index < -0.39 is 89.8 Å². The number of carbonyl (C=O) groups is 7. The van der Waals surface area contributed by atoms with E-state index in [1.807, 2.05) is 44.2 Å². The van der Waals surface area contributed by atoms with Crippen LogP contribution in [0.25, 0.3) is 0 Å². The first kappa shape index (κ1) is 43.5. The van der Waals surface area contributed by atoms with Crippen LogP contribution in [0.3, 0.4) is 0 Å². The lowest BCUT2D eigenvalue weighted by Gasteiger charge is -2.38. The fourth-order valence-electron chi connectivity index (χ4n) is 6.87. The van der Waals surface area contributed by atoms with Crippen molar-refractivity contribution in [1.82, 2.24) is 25.3 Å². The molecular weight excluding hydrogens is 694 g/mol. The number of nitrogens with one attached hydrogen (secondary N) is 2. The summed E-state index contributed by atoms with van der Waals surface area (Å²) < 4.78 is 11.3. The van der Waals surface area contributed by atoms with Crippen molar-refractivity contribution in [2.75, 3.05) is 27.2 Å². The molecule has 1 aromatic rings. The number of fused-ring (bicyclic) bond motifs is 1. The molecule has 296 valence electrons. The van der Waals surface area contributed by atoms with Gasteiger partial charge in [0, 0.05) is 33.5 Å². The van der Waals surface area contributed by atoms with Gasteiger partial charge in [-0.25, -0.2) is 0 Å². The number of esters is 2. The number of rotatable bonds is 7. The predicted octanol–water partition coefficient (Wildman–Crippen LogP) is 2.23. The molecule has 0 aromatic heterocycles. The van der Waals surface area contributed by atoms with Gasteiger partial charge in [0.05, 0.1) is 5.41 Å². The lowest BCUT2D eigenvalue weighted by molar-refractivity contribution is -0.176. The van der Waals surface area contributed by atoms with Crippen LogP contribution in [0.4, 0.5) is 0 Å². The van der Waals surface area contributed by atoms with E-state index in [0.717, 1.165) is 5.56 Å². The van der Waals surface area contributed by atoms with Crippen LogP contribution in [0.5, 0.6) is 0 Å². The molecule has 5 amide bonds.